The first-order valence-electron chi connectivity index (χ1n) is 6.37. The Morgan fingerprint density at radius 3 is 2.50 bits per heavy atom. The van der Waals surface area contributed by atoms with Crippen molar-refractivity contribution in [1.82, 2.24) is 9.97 Å². The molecule has 6 heteroatoms. The van der Waals surface area contributed by atoms with E-state index in [2.05, 4.69) is 20.7 Å². The van der Waals surface area contributed by atoms with Crippen molar-refractivity contribution in [3.63, 3.8) is 0 Å². The maximum Gasteiger partial charge on any atom is 0.148 e. The predicted octanol–water partition coefficient (Wildman–Crippen LogP) is 3.08. The topological polar surface area (TPSA) is 75.9 Å². The molecule has 0 aliphatic rings. The van der Waals surface area contributed by atoms with Crippen molar-refractivity contribution in [2.45, 2.75) is 26.7 Å². The lowest BCUT2D eigenvalue weighted by molar-refractivity contribution is 0.630. The average Bonchev–Trinajstić information content (AvgIpc) is 2.41. The fourth-order valence-electron chi connectivity index (χ4n) is 2.01. The maximum absolute atomic E-state index is 13.9. The normalized spacial score (nSPS) is 10.7. The fraction of sp³-hybridized carbons (Fsp3) is 0.286. The van der Waals surface area contributed by atoms with Crippen LogP contribution in [0.1, 0.15) is 30.9 Å². The Kier molecular flexibility index (Phi) is 4.14. The van der Waals surface area contributed by atoms with Crippen LogP contribution in [0, 0.1) is 12.7 Å². The van der Waals surface area contributed by atoms with E-state index in [9.17, 15) is 4.39 Å². The van der Waals surface area contributed by atoms with Crippen molar-refractivity contribution < 1.29 is 4.39 Å². The number of nitrogens with one attached hydrogen (secondary N) is 2. The number of nitrogens with two attached hydrogens (primary N) is 1. The van der Waals surface area contributed by atoms with E-state index in [0.29, 0.717) is 17.3 Å². The molecule has 1 aromatic carbocycles. The Balaban J connectivity index is 2.43. The summed E-state index contributed by atoms with van der Waals surface area (Å²) in [5.41, 5.74) is 4.60. The van der Waals surface area contributed by atoms with Crippen LogP contribution in [0.4, 0.5) is 21.7 Å². The first kappa shape index (κ1) is 14.2. The van der Waals surface area contributed by atoms with E-state index < -0.39 is 0 Å². The summed E-state index contributed by atoms with van der Waals surface area (Å²) in [4.78, 5) is 8.26. The fourth-order valence-corrected chi connectivity index (χ4v) is 2.01. The molecule has 106 valence electrons. The Bertz CT molecular complexity index is 613. The van der Waals surface area contributed by atoms with Gasteiger partial charge < -0.3 is 10.7 Å². The second kappa shape index (κ2) is 5.83. The lowest BCUT2D eigenvalue weighted by atomic mass is 10.0. The molecule has 0 saturated carbocycles. The minimum atomic E-state index is -0.319. The Labute approximate surface area is 117 Å². The first-order chi connectivity index (χ1) is 9.52. The number of aryl methyl sites for hydroxylation is 1. The summed E-state index contributed by atoms with van der Waals surface area (Å²) in [6.07, 6.45) is 1.38. The molecule has 2 rings (SSSR count). The first-order valence-corrected chi connectivity index (χ1v) is 6.37. The highest BCUT2D eigenvalue weighted by Gasteiger charge is 2.15. The SMILES string of the molecule is Cc1ccc(Nc2ncnc(NN)c2C(C)C)c(F)c1. The Hall–Kier alpha value is -2.21. The van der Waals surface area contributed by atoms with Crippen molar-refractivity contribution in [2.75, 3.05) is 10.7 Å². The summed E-state index contributed by atoms with van der Waals surface area (Å²) in [5.74, 6) is 6.36. The lowest BCUT2D eigenvalue weighted by Crippen LogP contribution is -2.14. The van der Waals surface area contributed by atoms with Gasteiger partial charge >= 0.3 is 0 Å². The number of nitrogen functional groups attached to an aromatic ring is 1. The van der Waals surface area contributed by atoms with Crippen LogP contribution in [-0.2, 0) is 0 Å². The molecular formula is C14H18FN5. The van der Waals surface area contributed by atoms with Crippen molar-refractivity contribution in [3.05, 3.63) is 41.5 Å². The van der Waals surface area contributed by atoms with Crippen molar-refractivity contribution >= 4 is 17.3 Å². The van der Waals surface area contributed by atoms with Gasteiger partial charge in [-0.15, -0.1) is 0 Å². The van der Waals surface area contributed by atoms with E-state index in [1.165, 1.54) is 12.4 Å². The van der Waals surface area contributed by atoms with Crippen molar-refractivity contribution in [1.29, 1.82) is 0 Å². The van der Waals surface area contributed by atoms with Gasteiger partial charge in [-0.3, -0.25) is 0 Å². The van der Waals surface area contributed by atoms with E-state index in [1.54, 1.807) is 6.07 Å². The zero-order valence-corrected chi connectivity index (χ0v) is 11.7. The summed E-state index contributed by atoms with van der Waals surface area (Å²) >= 11 is 0. The van der Waals surface area contributed by atoms with Crippen molar-refractivity contribution in [2.24, 2.45) is 5.84 Å². The molecule has 0 amide bonds. The minimum Gasteiger partial charge on any atom is -0.337 e. The van der Waals surface area contributed by atoms with E-state index in [1.807, 2.05) is 26.8 Å². The molecule has 4 N–H and O–H groups in total. The molecule has 0 radical (unpaired) electrons. The van der Waals surface area contributed by atoms with Crippen molar-refractivity contribution in [3.8, 4) is 0 Å². The molecule has 20 heavy (non-hydrogen) atoms. The number of hydrogen-bond donors (Lipinski definition) is 3. The Morgan fingerprint density at radius 2 is 1.90 bits per heavy atom. The van der Waals surface area contributed by atoms with Gasteiger partial charge in [-0.2, -0.15) is 0 Å². The van der Waals surface area contributed by atoms with Crippen LogP contribution >= 0.6 is 0 Å². The predicted molar refractivity (Wildman–Crippen MR) is 78.4 cm³/mol. The smallest absolute Gasteiger partial charge is 0.148 e. The zero-order chi connectivity index (χ0) is 14.7. The number of nitrogens with zero attached hydrogens (tertiary/aromatic N) is 2. The van der Waals surface area contributed by atoms with Crippen LogP contribution < -0.4 is 16.6 Å². The number of aromatic nitrogens is 2. The molecular weight excluding hydrogens is 257 g/mol. The van der Waals surface area contributed by atoms with Gasteiger partial charge in [0.2, 0.25) is 0 Å². The molecule has 5 nitrogen and oxygen atoms in total. The van der Waals surface area contributed by atoms with Crippen LogP contribution in [0.2, 0.25) is 0 Å². The number of halogens is 1. The van der Waals surface area contributed by atoms with Gasteiger partial charge in [-0.05, 0) is 30.5 Å². The second-order valence-corrected chi connectivity index (χ2v) is 4.89. The average molecular weight is 275 g/mol. The van der Waals surface area contributed by atoms with Crippen LogP contribution in [-0.4, -0.2) is 9.97 Å². The molecule has 0 unspecified atom stereocenters. The molecule has 0 bridgehead atoms. The minimum absolute atomic E-state index is 0.137. The molecule has 1 heterocycles. The summed E-state index contributed by atoms with van der Waals surface area (Å²) < 4.78 is 13.9. The van der Waals surface area contributed by atoms with E-state index in [-0.39, 0.29) is 11.7 Å². The van der Waals surface area contributed by atoms with Gasteiger partial charge in [-0.1, -0.05) is 19.9 Å². The van der Waals surface area contributed by atoms with Gasteiger partial charge in [-0.25, -0.2) is 20.2 Å². The number of rotatable bonds is 4. The number of hydrazine groups is 1. The summed E-state index contributed by atoms with van der Waals surface area (Å²) in [6.45, 7) is 5.83. The summed E-state index contributed by atoms with van der Waals surface area (Å²) in [6, 6.07) is 5.00. The molecule has 0 aliphatic carbocycles. The van der Waals surface area contributed by atoms with E-state index in [4.69, 9.17) is 5.84 Å². The molecule has 1 aromatic heterocycles. The highest BCUT2D eigenvalue weighted by Crippen LogP contribution is 2.30. The monoisotopic (exact) mass is 275 g/mol. The number of anilines is 3. The summed E-state index contributed by atoms with van der Waals surface area (Å²) in [7, 11) is 0. The molecule has 0 saturated heterocycles. The Morgan fingerprint density at radius 1 is 1.20 bits per heavy atom. The zero-order valence-electron chi connectivity index (χ0n) is 11.7. The van der Waals surface area contributed by atoms with Gasteiger partial charge in [0.05, 0.1) is 5.69 Å². The third kappa shape index (κ3) is 2.85. The highest BCUT2D eigenvalue weighted by atomic mass is 19.1. The molecule has 0 spiro atoms. The van der Waals surface area contributed by atoms with Crippen LogP contribution in [0.5, 0.6) is 0 Å². The number of hydrogen-bond acceptors (Lipinski definition) is 5. The van der Waals surface area contributed by atoms with Gasteiger partial charge in [0.25, 0.3) is 0 Å². The van der Waals surface area contributed by atoms with Crippen LogP contribution in [0.15, 0.2) is 24.5 Å². The number of benzene rings is 1. The molecule has 2 aromatic rings. The standard InChI is InChI=1S/C14H18FN5/c1-8(2)12-13(17-7-18-14(12)20-16)19-11-5-4-9(3)6-10(11)15/h4-8H,16H2,1-3H3,(H2,17,18,19,20). The van der Waals surface area contributed by atoms with Crippen LogP contribution in [0.25, 0.3) is 0 Å². The lowest BCUT2D eigenvalue weighted by Gasteiger charge is -2.16. The van der Waals surface area contributed by atoms with Gasteiger partial charge in [0.15, 0.2) is 0 Å². The van der Waals surface area contributed by atoms with E-state index >= 15 is 0 Å². The van der Waals surface area contributed by atoms with Gasteiger partial charge in [0.1, 0.15) is 23.8 Å². The van der Waals surface area contributed by atoms with E-state index in [0.717, 1.165) is 11.1 Å². The molecule has 0 atom stereocenters. The largest absolute Gasteiger partial charge is 0.337 e. The quantitative estimate of drug-likeness (QED) is 0.590. The summed E-state index contributed by atoms with van der Waals surface area (Å²) in [5, 5.41) is 3.00. The maximum atomic E-state index is 13.9. The van der Waals surface area contributed by atoms with Gasteiger partial charge in [0, 0.05) is 5.56 Å². The third-order valence-corrected chi connectivity index (χ3v) is 2.98. The molecule has 0 aliphatic heterocycles. The highest BCUT2D eigenvalue weighted by molar-refractivity contribution is 5.66. The third-order valence-electron chi connectivity index (χ3n) is 2.98. The second-order valence-electron chi connectivity index (χ2n) is 4.89. The molecule has 0 fully saturated rings. The van der Waals surface area contributed by atoms with Crippen LogP contribution in [0.3, 0.4) is 0 Å².